The first kappa shape index (κ1) is 11.3. The van der Waals surface area contributed by atoms with Crippen LogP contribution in [-0.2, 0) is 4.74 Å². The molecule has 0 aliphatic rings. The Kier molecular flexibility index (Phi) is 4.70. The van der Waals surface area contributed by atoms with E-state index in [4.69, 9.17) is 17.0 Å². The first-order valence-electron chi connectivity index (χ1n) is 4.48. The minimum absolute atomic E-state index is 0.324. The Bertz CT molecular complexity index is 287. The maximum absolute atomic E-state index is 13.4. The standard InChI is InChI=1S/C11H13FOS/c1-13-8-7-10(12)11(14)9-5-3-2-4-6-9/h2-6,10H,7-8H2,1H3. The first-order valence-corrected chi connectivity index (χ1v) is 4.89. The predicted octanol–water partition coefficient (Wildman–Crippen LogP) is 2.78. The summed E-state index contributed by atoms with van der Waals surface area (Å²) in [7, 11) is 1.55. The van der Waals surface area contributed by atoms with Crippen LogP contribution in [0.4, 0.5) is 4.39 Å². The summed E-state index contributed by atoms with van der Waals surface area (Å²) in [6, 6.07) is 9.23. The minimum Gasteiger partial charge on any atom is -0.385 e. The third-order valence-corrected chi connectivity index (χ3v) is 2.41. The zero-order valence-electron chi connectivity index (χ0n) is 8.07. The van der Waals surface area contributed by atoms with Crippen LogP contribution in [0, 0.1) is 0 Å². The summed E-state index contributed by atoms with van der Waals surface area (Å²) in [5.41, 5.74) is 0.783. The summed E-state index contributed by atoms with van der Waals surface area (Å²) >= 11 is 5.03. The molecule has 3 heteroatoms. The van der Waals surface area contributed by atoms with Gasteiger partial charge in [-0.15, -0.1) is 0 Å². The highest BCUT2D eigenvalue weighted by atomic mass is 32.1. The number of methoxy groups -OCH3 is 1. The summed E-state index contributed by atoms with van der Waals surface area (Å²) < 4.78 is 18.2. The fourth-order valence-corrected chi connectivity index (χ4v) is 1.39. The number of thiocarbonyl (C=S) groups is 1. The van der Waals surface area contributed by atoms with Gasteiger partial charge in [0.15, 0.2) is 0 Å². The molecule has 0 saturated heterocycles. The van der Waals surface area contributed by atoms with E-state index in [0.717, 1.165) is 5.56 Å². The summed E-state index contributed by atoms with van der Waals surface area (Å²) in [6.07, 6.45) is -0.767. The normalized spacial score (nSPS) is 12.4. The molecule has 0 N–H and O–H groups in total. The molecule has 0 aliphatic heterocycles. The second kappa shape index (κ2) is 5.83. The van der Waals surface area contributed by atoms with Crippen molar-refractivity contribution >= 4 is 17.1 Å². The van der Waals surface area contributed by atoms with E-state index in [1.54, 1.807) is 7.11 Å². The molecule has 0 bridgehead atoms. The van der Waals surface area contributed by atoms with Gasteiger partial charge in [-0.1, -0.05) is 42.5 Å². The molecule has 0 spiro atoms. The van der Waals surface area contributed by atoms with Crippen LogP contribution >= 0.6 is 12.2 Å². The smallest absolute Gasteiger partial charge is 0.138 e. The lowest BCUT2D eigenvalue weighted by Crippen LogP contribution is -2.16. The van der Waals surface area contributed by atoms with E-state index in [1.165, 1.54) is 0 Å². The highest BCUT2D eigenvalue weighted by molar-refractivity contribution is 7.81. The Morgan fingerprint density at radius 3 is 2.64 bits per heavy atom. The maximum Gasteiger partial charge on any atom is 0.138 e. The van der Waals surface area contributed by atoms with E-state index in [-0.39, 0.29) is 0 Å². The largest absolute Gasteiger partial charge is 0.385 e. The summed E-state index contributed by atoms with van der Waals surface area (Å²) in [4.78, 5) is 0.364. The molecule has 0 aliphatic carbocycles. The summed E-state index contributed by atoms with van der Waals surface area (Å²) in [6.45, 7) is 0.397. The number of ether oxygens (including phenoxy) is 1. The van der Waals surface area contributed by atoms with Gasteiger partial charge in [0.1, 0.15) is 6.17 Å². The van der Waals surface area contributed by atoms with E-state index < -0.39 is 6.17 Å². The topological polar surface area (TPSA) is 9.23 Å². The monoisotopic (exact) mass is 212 g/mol. The van der Waals surface area contributed by atoms with Gasteiger partial charge in [0, 0.05) is 20.1 Å². The third-order valence-electron chi connectivity index (χ3n) is 1.92. The summed E-state index contributed by atoms with van der Waals surface area (Å²) in [5.74, 6) is 0. The molecule has 0 aromatic heterocycles. The average Bonchev–Trinajstić information content (AvgIpc) is 2.26. The molecular formula is C11H13FOS. The average molecular weight is 212 g/mol. The molecule has 1 unspecified atom stereocenters. The van der Waals surface area contributed by atoms with Crippen molar-refractivity contribution in [3.05, 3.63) is 35.9 Å². The second-order valence-corrected chi connectivity index (χ2v) is 3.42. The minimum atomic E-state index is -1.09. The molecule has 0 fully saturated rings. The molecule has 1 aromatic carbocycles. The van der Waals surface area contributed by atoms with E-state index in [1.807, 2.05) is 30.3 Å². The number of alkyl halides is 1. The van der Waals surface area contributed by atoms with Crippen molar-refractivity contribution in [2.24, 2.45) is 0 Å². The Morgan fingerprint density at radius 2 is 2.07 bits per heavy atom. The van der Waals surface area contributed by atoms with Crippen molar-refractivity contribution in [1.82, 2.24) is 0 Å². The molecule has 0 heterocycles. The maximum atomic E-state index is 13.4. The fraction of sp³-hybridized carbons (Fsp3) is 0.364. The molecular weight excluding hydrogens is 199 g/mol. The molecule has 1 rings (SSSR count). The number of hydrogen-bond donors (Lipinski definition) is 0. The predicted molar refractivity (Wildman–Crippen MR) is 59.5 cm³/mol. The lowest BCUT2D eigenvalue weighted by molar-refractivity contribution is 0.177. The number of halogens is 1. The van der Waals surface area contributed by atoms with Crippen molar-refractivity contribution in [2.75, 3.05) is 13.7 Å². The highest BCUT2D eigenvalue weighted by Crippen LogP contribution is 2.10. The first-order chi connectivity index (χ1) is 6.75. The Labute approximate surface area is 88.9 Å². The van der Waals surface area contributed by atoms with Gasteiger partial charge in [-0.2, -0.15) is 0 Å². The zero-order chi connectivity index (χ0) is 10.4. The zero-order valence-corrected chi connectivity index (χ0v) is 8.89. The van der Waals surface area contributed by atoms with Crippen LogP contribution in [0.3, 0.4) is 0 Å². The van der Waals surface area contributed by atoms with E-state index in [0.29, 0.717) is 17.9 Å². The third kappa shape index (κ3) is 3.16. The van der Waals surface area contributed by atoms with Gasteiger partial charge in [0.05, 0.1) is 4.86 Å². The van der Waals surface area contributed by atoms with Crippen LogP contribution in [0.5, 0.6) is 0 Å². The molecule has 76 valence electrons. The Balaban J connectivity index is 2.57. The molecule has 1 aromatic rings. The van der Waals surface area contributed by atoms with Gasteiger partial charge in [-0.05, 0) is 5.56 Å². The lowest BCUT2D eigenvalue weighted by atomic mass is 10.1. The fourth-order valence-electron chi connectivity index (χ4n) is 1.14. The number of hydrogen-bond acceptors (Lipinski definition) is 2. The lowest BCUT2D eigenvalue weighted by Gasteiger charge is -2.09. The van der Waals surface area contributed by atoms with Crippen LogP contribution in [0.15, 0.2) is 30.3 Å². The van der Waals surface area contributed by atoms with E-state index in [2.05, 4.69) is 0 Å². The van der Waals surface area contributed by atoms with Crippen molar-refractivity contribution < 1.29 is 9.13 Å². The van der Waals surface area contributed by atoms with Gasteiger partial charge < -0.3 is 4.74 Å². The number of rotatable bonds is 5. The van der Waals surface area contributed by atoms with Gasteiger partial charge >= 0.3 is 0 Å². The van der Waals surface area contributed by atoms with Crippen molar-refractivity contribution in [2.45, 2.75) is 12.6 Å². The van der Waals surface area contributed by atoms with Gasteiger partial charge in [0.2, 0.25) is 0 Å². The quantitative estimate of drug-likeness (QED) is 0.548. The van der Waals surface area contributed by atoms with Crippen molar-refractivity contribution in [3.8, 4) is 0 Å². The molecule has 0 amide bonds. The Morgan fingerprint density at radius 1 is 1.43 bits per heavy atom. The highest BCUT2D eigenvalue weighted by Gasteiger charge is 2.13. The summed E-state index contributed by atoms with van der Waals surface area (Å²) in [5, 5.41) is 0. The Hall–Kier alpha value is -0.800. The number of benzene rings is 1. The second-order valence-electron chi connectivity index (χ2n) is 2.98. The van der Waals surface area contributed by atoms with Gasteiger partial charge in [0.25, 0.3) is 0 Å². The van der Waals surface area contributed by atoms with Crippen molar-refractivity contribution in [3.63, 3.8) is 0 Å². The molecule has 1 nitrogen and oxygen atoms in total. The molecule has 0 radical (unpaired) electrons. The van der Waals surface area contributed by atoms with Crippen LogP contribution in [0.25, 0.3) is 0 Å². The van der Waals surface area contributed by atoms with Crippen LogP contribution < -0.4 is 0 Å². The van der Waals surface area contributed by atoms with E-state index in [9.17, 15) is 4.39 Å². The van der Waals surface area contributed by atoms with Crippen LogP contribution in [0.2, 0.25) is 0 Å². The molecule has 0 saturated carbocycles. The SMILES string of the molecule is COCCC(F)C(=S)c1ccccc1. The van der Waals surface area contributed by atoms with Crippen molar-refractivity contribution in [1.29, 1.82) is 0 Å². The van der Waals surface area contributed by atoms with Gasteiger partial charge in [-0.3, -0.25) is 0 Å². The molecule has 14 heavy (non-hydrogen) atoms. The molecule has 1 atom stereocenters. The van der Waals surface area contributed by atoms with Crippen LogP contribution in [0.1, 0.15) is 12.0 Å². The van der Waals surface area contributed by atoms with E-state index >= 15 is 0 Å². The van der Waals surface area contributed by atoms with Gasteiger partial charge in [-0.25, -0.2) is 4.39 Å². The van der Waals surface area contributed by atoms with Crippen LogP contribution in [-0.4, -0.2) is 24.8 Å².